The molecule has 1 fully saturated rings. The van der Waals surface area contributed by atoms with E-state index < -0.39 is 0 Å². The van der Waals surface area contributed by atoms with Gasteiger partial charge in [-0.15, -0.1) is 0 Å². The van der Waals surface area contributed by atoms with Crippen LogP contribution in [0.4, 0.5) is 4.79 Å². The normalized spacial score (nSPS) is 19.7. The first kappa shape index (κ1) is 11.3. The Hall–Kier alpha value is -0.730. The Morgan fingerprint density at radius 3 is 2.57 bits per heavy atom. The molecule has 3 nitrogen and oxygen atoms in total. The standard InChI is InChI=1S/C11H22N2O/c1-4-10(5-2)9(3)13-8-6-7-12-11(13)14/h9-10H,4-8H2,1-3H3,(H,12,14). The minimum atomic E-state index is 0.121. The second kappa shape index (κ2) is 5.23. The number of urea groups is 1. The number of carbonyl (C=O) groups is 1. The minimum absolute atomic E-state index is 0.121. The van der Waals surface area contributed by atoms with Crippen molar-refractivity contribution in [2.24, 2.45) is 5.92 Å². The highest BCUT2D eigenvalue weighted by Crippen LogP contribution is 2.19. The van der Waals surface area contributed by atoms with E-state index >= 15 is 0 Å². The van der Waals surface area contributed by atoms with Gasteiger partial charge in [0.25, 0.3) is 0 Å². The molecule has 1 rings (SSSR count). The Balaban J connectivity index is 2.56. The zero-order valence-electron chi connectivity index (χ0n) is 9.55. The molecule has 0 bridgehead atoms. The molecule has 0 aromatic heterocycles. The van der Waals surface area contributed by atoms with Crippen molar-refractivity contribution in [3.63, 3.8) is 0 Å². The maximum Gasteiger partial charge on any atom is 0.317 e. The van der Waals surface area contributed by atoms with E-state index in [4.69, 9.17) is 0 Å². The van der Waals surface area contributed by atoms with Crippen LogP contribution in [-0.4, -0.2) is 30.1 Å². The van der Waals surface area contributed by atoms with Gasteiger partial charge in [0.05, 0.1) is 0 Å². The van der Waals surface area contributed by atoms with Crippen LogP contribution in [-0.2, 0) is 0 Å². The Labute approximate surface area is 86.9 Å². The summed E-state index contributed by atoms with van der Waals surface area (Å²) in [7, 11) is 0. The molecule has 0 radical (unpaired) electrons. The average molecular weight is 198 g/mol. The molecule has 0 aliphatic carbocycles. The van der Waals surface area contributed by atoms with Crippen LogP contribution < -0.4 is 5.32 Å². The van der Waals surface area contributed by atoms with Crippen molar-refractivity contribution in [1.82, 2.24) is 10.2 Å². The van der Waals surface area contributed by atoms with Gasteiger partial charge in [-0.2, -0.15) is 0 Å². The fourth-order valence-corrected chi connectivity index (χ4v) is 2.26. The molecular formula is C11H22N2O. The van der Waals surface area contributed by atoms with Gasteiger partial charge in [-0.1, -0.05) is 26.7 Å². The van der Waals surface area contributed by atoms with Gasteiger partial charge in [0.15, 0.2) is 0 Å². The van der Waals surface area contributed by atoms with Crippen LogP contribution in [0.3, 0.4) is 0 Å². The van der Waals surface area contributed by atoms with E-state index in [1.54, 1.807) is 0 Å². The van der Waals surface area contributed by atoms with Crippen LogP contribution in [0, 0.1) is 5.92 Å². The molecule has 0 spiro atoms. The van der Waals surface area contributed by atoms with E-state index in [0.29, 0.717) is 12.0 Å². The van der Waals surface area contributed by atoms with Crippen LogP contribution in [0.1, 0.15) is 40.0 Å². The SMILES string of the molecule is CCC(CC)C(C)N1CCCNC1=O. The lowest BCUT2D eigenvalue weighted by molar-refractivity contribution is 0.138. The van der Waals surface area contributed by atoms with E-state index in [1.807, 2.05) is 4.90 Å². The van der Waals surface area contributed by atoms with Gasteiger partial charge in [-0.25, -0.2) is 4.79 Å². The number of nitrogens with zero attached hydrogens (tertiary/aromatic N) is 1. The number of hydrogen-bond donors (Lipinski definition) is 1. The van der Waals surface area contributed by atoms with Gasteiger partial charge in [0, 0.05) is 19.1 Å². The molecule has 1 aliphatic rings. The summed E-state index contributed by atoms with van der Waals surface area (Å²) in [5.74, 6) is 0.638. The van der Waals surface area contributed by atoms with Crippen molar-refractivity contribution in [3.8, 4) is 0 Å². The molecule has 14 heavy (non-hydrogen) atoms. The molecule has 3 heteroatoms. The smallest absolute Gasteiger partial charge is 0.317 e. The topological polar surface area (TPSA) is 32.3 Å². The monoisotopic (exact) mass is 198 g/mol. The largest absolute Gasteiger partial charge is 0.338 e. The third-order valence-electron chi connectivity index (χ3n) is 3.34. The molecule has 1 aliphatic heterocycles. The molecule has 1 unspecified atom stereocenters. The summed E-state index contributed by atoms with van der Waals surface area (Å²) in [6.07, 6.45) is 3.39. The van der Waals surface area contributed by atoms with E-state index in [1.165, 1.54) is 0 Å². The van der Waals surface area contributed by atoms with Crippen molar-refractivity contribution in [3.05, 3.63) is 0 Å². The van der Waals surface area contributed by atoms with Gasteiger partial charge in [-0.3, -0.25) is 0 Å². The summed E-state index contributed by atoms with van der Waals surface area (Å²) in [5.41, 5.74) is 0. The lowest BCUT2D eigenvalue weighted by Gasteiger charge is -2.36. The second-order valence-corrected chi connectivity index (χ2v) is 4.10. The predicted octanol–water partition coefficient (Wildman–Crippen LogP) is 2.23. The molecule has 0 aromatic carbocycles. The fraction of sp³-hybridized carbons (Fsp3) is 0.909. The second-order valence-electron chi connectivity index (χ2n) is 4.10. The van der Waals surface area contributed by atoms with Crippen molar-refractivity contribution in [2.75, 3.05) is 13.1 Å². The molecular weight excluding hydrogens is 176 g/mol. The summed E-state index contributed by atoms with van der Waals surface area (Å²) in [6.45, 7) is 8.33. The van der Waals surface area contributed by atoms with Gasteiger partial charge in [0.1, 0.15) is 0 Å². The van der Waals surface area contributed by atoms with E-state index in [9.17, 15) is 4.79 Å². The first-order valence-electron chi connectivity index (χ1n) is 5.75. The Morgan fingerprint density at radius 2 is 2.07 bits per heavy atom. The van der Waals surface area contributed by atoms with Gasteiger partial charge in [0.2, 0.25) is 0 Å². The quantitative estimate of drug-likeness (QED) is 0.738. The third-order valence-corrected chi connectivity index (χ3v) is 3.34. The molecule has 1 N–H and O–H groups in total. The molecule has 1 atom stereocenters. The third kappa shape index (κ3) is 2.40. The average Bonchev–Trinajstić information content (AvgIpc) is 2.20. The lowest BCUT2D eigenvalue weighted by atomic mass is 9.94. The van der Waals surface area contributed by atoms with Gasteiger partial charge in [-0.05, 0) is 19.3 Å². The fourth-order valence-electron chi connectivity index (χ4n) is 2.26. The molecule has 1 heterocycles. The highest BCUT2D eigenvalue weighted by atomic mass is 16.2. The zero-order valence-corrected chi connectivity index (χ0v) is 9.55. The van der Waals surface area contributed by atoms with E-state index in [2.05, 4.69) is 26.1 Å². The van der Waals surface area contributed by atoms with Crippen molar-refractivity contribution >= 4 is 6.03 Å². The minimum Gasteiger partial charge on any atom is -0.338 e. The maximum absolute atomic E-state index is 11.6. The summed E-state index contributed by atoms with van der Waals surface area (Å²) < 4.78 is 0. The first-order chi connectivity index (χ1) is 6.70. The highest BCUT2D eigenvalue weighted by molar-refractivity contribution is 5.75. The number of nitrogens with one attached hydrogen (secondary N) is 1. The van der Waals surface area contributed by atoms with E-state index in [-0.39, 0.29) is 6.03 Å². The summed E-state index contributed by atoms with van der Waals surface area (Å²) in [5, 5.41) is 2.90. The number of hydrogen-bond acceptors (Lipinski definition) is 1. The maximum atomic E-state index is 11.6. The number of carbonyl (C=O) groups excluding carboxylic acids is 1. The highest BCUT2D eigenvalue weighted by Gasteiger charge is 2.26. The summed E-state index contributed by atoms with van der Waals surface area (Å²) in [6, 6.07) is 0.501. The Morgan fingerprint density at radius 1 is 1.43 bits per heavy atom. The zero-order chi connectivity index (χ0) is 10.6. The molecule has 0 aromatic rings. The van der Waals surface area contributed by atoms with Crippen LogP contribution in [0.15, 0.2) is 0 Å². The number of rotatable bonds is 4. The molecule has 0 saturated carbocycles. The lowest BCUT2D eigenvalue weighted by Crippen LogP contribution is -2.52. The van der Waals surface area contributed by atoms with Crippen molar-refractivity contribution < 1.29 is 4.79 Å². The predicted molar refractivity (Wildman–Crippen MR) is 58.3 cm³/mol. The van der Waals surface area contributed by atoms with Crippen LogP contribution in [0.5, 0.6) is 0 Å². The van der Waals surface area contributed by atoms with Crippen molar-refractivity contribution in [2.45, 2.75) is 46.1 Å². The van der Waals surface area contributed by atoms with Crippen molar-refractivity contribution in [1.29, 1.82) is 0 Å². The van der Waals surface area contributed by atoms with Crippen LogP contribution in [0.25, 0.3) is 0 Å². The van der Waals surface area contributed by atoms with Crippen LogP contribution >= 0.6 is 0 Å². The van der Waals surface area contributed by atoms with E-state index in [0.717, 1.165) is 32.4 Å². The van der Waals surface area contributed by atoms with Gasteiger partial charge >= 0.3 is 6.03 Å². The summed E-state index contributed by atoms with van der Waals surface area (Å²) >= 11 is 0. The molecule has 2 amide bonds. The van der Waals surface area contributed by atoms with Gasteiger partial charge < -0.3 is 10.2 Å². The molecule has 82 valence electrons. The molecule has 1 saturated heterocycles. The van der Waals surface area contributed by atoms with Crippen LogP contribution in [0.2, 0.25) is 0 Å². The Bertz CT molecular complexity index is 190. The number of amides is 2. The Kier molecular flexibility index (Phi) is 4.23. The first-order valence-corrected chi connectivity index (χ1v) is 5.75. The summed E-state index contributed by atoms with van der Waals surface area (Å²) in [4.78, 5) is 13.6.